The number of halogens is 3. The lowest BCUT2D eigenvalue weighted by atomic mass is 9.57. The molecule has 1 saturated heterocycles. The summed E-state index contributed by atoms with van der Waals surface area (Å²) in [6, 6.07) is 0. The van der Waals surface area contributed by atoms with Crippen LogP contribution in [-0.4, -0.2) is 118 Å². The van der Waals surface area contributed by atoms with Gasteiger partial charge in [0.15, 0.2) is 6.10 Å². The van der Waals surface area contributed by atoms with Gasteiger partial charge < -0.3 is 48.3 Å². The number of cyclic esters (lactones) is 1. The van der Waals surface area contributed by atoms with E-state index in [9.17, 15) is 37.5 Å². The number of carboxylic acid groups (broad SMARTS) is 1. The zero-order valence-corrected chi connectivity index (χ0v) is 31.8. The molecule has 306 valence electrons. The molecule has 0 radical (unpaired) electrons. The van der Waals surface area contributed by atoms with Gasteiger partial charge in [-0.05, 0) is 32.3 Å². The Morgan fingerprint density at radius 1 is 1.15 bits per heavy atom. The number of aliphatic hydroxyl groups is 1. The van der Waals surface area contributed by atoms with Gasteiger partial charge in [0.2, 0.25) is 0 Å². The molecule has 55 heavy (non-hydrogen) atoms. The zero-order valence-electron chi connectivity index (χ0n) is 31.8. The fourth-order valence-corrected chi connectivity index (χ4v) is 8.22. The van der Waals surface area contributed by atoms with Crippen molar-refractivity contribution in [1.82, 2.24) is 0 Å². The first-order valence-electron chi connectivity index (χ1n) is 18.2. The Hall–Kier alpha value is -4.06. The number of methoxy groups -OCH3 is 1. The number of hydrogen-bond donors (Lipinski definition) is 2. The molecule has 3 aliphatic carbocycles. The van der Waals surface area contributed by atoms with Crippen molar-refractivity contribution in [2.75, 3.05) is 34.4 Å². The topological polar surface area (TPSA) is 188 Å². The second-order valence-corrected chi connectivity index (χ2v) is 14.9. The smallest absolute Gasteiger partial charge is 0.430 e. The summed E-state index contributed by atoms with van der Waals surface area (Å²) in [6.07, 6.45) is 2.38. The van der Waals surface area contributed by atoms with Gasteiger partial charge in [-0.3, -0.25) is 0 Å². The van der Waals surface area contributed by atoms with Crippen LogP contribution in [0.5, 0.6) is 0 Å². The first-order valence-corrected chi connectivity index (χ1v) is 18.2. The van der Waals surface area contributed by atoms with E-state index in [0.29, 0.717) is 18.4 Å². The minimum absolute atomic E-state index is 0.0835. The van der Waals surface area contributed by atoms with Crippen molar-refractivity contribution in [1.29, 1.82) is 0 Å². The monoisotopic (exact) mass is 785 g/mol. The summed E-state index contributed by atoms with van der Waals surface area (Å²) in [5.74, 6) is -8.29. The van der Waals surface area contributed by atoms with Gasteiger partial charge >= 0.3 is 30.1 Å². The van der Waals surface area contributed by atoms with Gasteiger partial charge in [0, 0.05) is 48.7 Å². The van der Waals surface area contributed by atoms with Gasteiger partial charge in [-0.25, -0.2) is 19.2 Å². The van der Waals surface area contributed by atoms with Crippen LogP contribution < -0.4 is 10.0 Å². The van der Waals surface area contributed by atoms with Crippen LogP contribution in [0.3, 0.4) is 0 Å². The highest BCUT2D eigenvalue weighted by Gasteiger charge is 2.69. The number of aliphatic hydroxyl groups excluding tert-OH is 1. The number of quaternary nitrogens is 1. The Morgan fingerprint density at radius 2 is 1.82 bits per heavy atom. The molecule has 5 aliphatic rings. The lowest BCUT2D eigenvalue weighted by Gasteiger charge is -2.49. The summed E-state index contributed by atoms with van der Waals surface area (Å²) < 4.78 is 66.8. The molecule has 1 saturated carbocycles. The molecule has 2 fully saturated rings. The van der Waals surface area contributed by atoms with E-state index in [1.54, 1.807) is 13.0 Å². The molecule has 2 unspecified atom stereocenters. The maximum absolute atomic E-state index is 13.6. The predicted octanol–water partition coefficient (Wildman–Crippen LogP) is 0.572. The standard InChI is InChI=1S/C36H49NO11.C2HF3O2/c1-19-17-20(2)36-24(13-14-25-27(36)28(38)21(3)30(31(25)48-36)47-32(39)23-11-8-9-12-23)18-26(43-7)33(40)46-29(19)22(4)45-35(42)34(41)44-16-10-15-37(5)6;3-2(4,5)1(6)7/h8-9,11,13-14,17,19,21-22,24-31,38H,10,12,15-16,18H2,1-7H3;(H,6,7)/b20-17+;/t19-,21-,22-,24-,25?,26+,27?,28-,29+,30-,31-,36+;/m1./s1. The van der Waals surface area contributed by atoms with Crippen LogP contribution in [0.1, 0.15) is 47.0 Å². The maximum atomic E-state index is 13.6. The molecular formula is C38H50F3NO13. The summed E-state index contributed by atoms with van der Waals surface area (Å²) in [6.45, 7) is 8.04. The van der Waals surface area contributed by atoms with Crippen molar-refractivity contribution in [3.05, 3.63) is 47.6 Å². The molecule has 5 rings (SSSR count). The molecule has 12 atom stereocenters. The number of allylic oxidation sites excluding steroid dienone is 3. The minimum Gasteiger partial charge on any atom is -0.542 e. The average molecular weight is 786 g/mol. The first kappa shape index (κ1) is 43.7. The Balaban J connectivity index is 0.000000876. The number of aliphatic carboxylic acids is 1. The molecule has 0 aromatic heterocycles. The third-order valence-electron chi connectivity index (χ3n) is 10.9. The lowest BCUT2D eigenvalue weighted by Crippen LogP contribution is -3.05. The van der Waals surface area contributed by atoms with Gasteiger partial charge in [-0.2, -0.15) is 13.2 Å². The largest absolute Gasteiger partial charge is 0.542 e. The molecule has 0 aromatic rings. The van der Waals surface area contributed by atoms with E-state index in [4.69, 9.17) is 38.3 Å². The van der Waals surface area contributed by atoms with Gasteiger partial charge in [-0.15, -0.1) is 0 Å². The number of carbonyl (C=O) groups is 5. The molecule has 2 heterocycles. The van der Waals surface area contributed by atoms with Crippen molar-refractivity contribution in [2.24, 2.45) is 29.6 Å². The number of nitrogens with one attached hydrogen (secondary N) is 1. The normalized spacial score (nSPS) is 35.2. The van der Waals surface area contributed by atoms with E-state index in [1.165, 1.54) is 12.0 Å². The van der Waals surface area contributed by atoms with Crippen LogP contribution in [0.15, 0.2) is 47.6 Å². The van der Waals surface area contributed by atoms with E-state index >= 15 is 0 Å². The molecule has 2 N–H and O–H groups in total. The molecule has 14 nitrogen and oxygen atoms in total. The lowest BCUT2D eigenvalue weighted by molar-refractivity contribution is -0.858. The van der Waals surface area contributed by atoms with Crippen LogP contribution in [0.2, 0.25) is 0 Å². The molecule has 2 aliphatic heterocycles. The Kier molecular flexibility index (Phi) is 14.1. The number of carboxylic acids is 1. The number of esters is 4. The average Bonchev–Trinajstić information content (AvgIpc) is 3.72. The van der Waals surface area contributed by atoms with Crippen molar-refractivity contribution in [2.45, 2.75) is 95.4 Å². The maximum Gasteiger partial charge on any atom is 0.430 e. The number of carbonyl (C=O) groups excluding carboxylic acids is 5. The van der Waals surface area contributed by atoms with E-state index in [2.05, 4.69) is 0 Å². The van der Waals surface area contributed by atoms with Crippen molar-refractivity contribution in [3.8, 4) is 0 Å². The number of ether oxygens (including phenoxy) is 6. The Labute approximate surface area is 317 Å². The van der Waals surface area contributed by atoms with Crippen LogP contribution in [0.4, 0.5) is 13.2 Å². The Bertz CT molecular complexity index is 1590. The van der Waals surface area contributed by atoms with Crippen LogP contribution in [0, 0.1) is 29.6 Å². The quantitative estimate of drug-likeness (QED) is 0.109. The third kappa shape index (κ3) is 9.50. The summed E-state index contributed by atoms with van der Waals surface area (Å²) in [5, 5.41) is 20.7. The molecule has 17 heteroatoms. The molecular weight excluding hydrogens is 735 g/mol. The second kappa shape index (κ2) is 17.8. The summed E-state index contributed by atoms with van der Waals surface area (Å²) in [7, 11) is 5.37. The molecule has 1 spiro atoms. The van der Waals surface area contributed by atoms with E-state index in [1.807, 2.05) is 65.2 Å². The fourth-order valence-electron chi connectivity index (χ4n) is 8.22. The molecule has 4 bridgehead atoms. The number of alkyl halides is 3. The summed E-state index contributed by atoms with van der Waals surface area (Å²) in [5.41, 5.74) is 0.315. The van der Waals surface area contributed by atoms with Gasteiger partial charge in [0.05, 0.1) is 33.4 Å². The fraction of sp³-hybridized carbons (Fsp3) is 0.658. The highest BCUT2D eigenvalue weighted by Crippen LogP contribution is 2.61. The van der Waals surface area contributed by atoms with E-state index in [0.717, 1.165) is 12.1 Å². The highest BCUT2D eigenvalue weighted by molar-refractivity contribution is 6.29. The van der Waals surface area contributed by atoms with Gasteiger partial charge in [0.25, 0.3) is 0 Å². The van der Waals surface area contributed by atoms with Gasteiger partial charge in [-0.1, -0.05) is 50.3 Å². The first-order chi connectivity index (χ1) is 25.7. The van der Waals surface area contributed by atoms with E-state index < -0.39 is 90.1 Å². The van der Waals surface area contributed by atoms with E-state index in [-0.39, 0.29) is 30.8 Å². The predicted molar refractivity (Wildman–Crippen MR) is 182 cm³/mol. The second-order valence-electron chi connectivity index (χ2n) is 14.9. The minimum atomic E-state index is -5.19. The van der Waals surface area contributed by atoms with Crippen LogP contribution in [-0.2, 0) is 52.4 Å². The SMILES string of the molecule is CO[C@H]1C[C@H]2C=CC3C4[C@H](O)[C@@H](C)[C@@H](OC(=O)C5=CC=CC5)[C@@H]3O[C@]42/C(C)=C/[C@@H](C)[C@@H]([C@@H](C)OC(=O)C(=O)OCCC[NH+](C)C)OC1=O.O=C([O-])C(F)(F)F. The Morgan fingerprint density at radius 3 is 2.40 bits per heavy atom. The number of rotatable bonds is 9. The van der Waals surface area contributed by atoms with Crippen molar-refractivity contribution >= 4 is 29.8 Å². The van der Waals surface area contributed by atoms with Crippen molar-refractivity contribution < 1.29 is 80.7 Å². The van der Waals surface area contributed by atoms with Crippen LogP contribution in [0.25, 0.3) is 0 Å². The van der Waals surface area contributed by atoms with Gasteiger partial charge in [0.1, 0.15) is 36.0 Å². The summed E-state index contributed by atoms with van der Waals surface area (Å²) >= 11 is 0. The summed E-state index contributed by atoms with van der Waals surface area (Å²) in [4.78, 5) is 61.7. The third-order valence-corrected chi connectivity index (χ3v) is 10.9. The molecule has 0 aromatic carbocycles. The highest BCUT2D eigenvalue weighted by atomic mass is 19.4. The van der Waals surface area contributed by atoms with Crippen molar-refractivity contribution in [3.63, 3.8) is 0 Å². The number of hydrogen-bond acceptors (Lipinski definition) is 13. The molecule has 0 amide bonds. The van der Waals surface area contributed by atoms with Crippen LogP contribution >= 0.6 is 0 Å². The zero-order chi connectivity index (χ0) is 41.0.